The van der Waals surface area contributed by atoms with E-state index in [1.54, 1.807) is 0 Å². The average Bonchev–Trinajstić information content (AvgIpc) is 3.44. The first-order valence-electron chi connectivity index (χ1n) is 15.0. The van der Waals surface area contributed by atoms with Crippen molar-refractivity contribution in [3.63, 3.8) is 0 Å². The Morgan fingerprint density at radius 2 is 0.864 bits per heavy atom. The maximum absolute atomic E-state index is 2.41. The molecule has 1 heterocycles. The predicted octanol–water partition coefficient (Wildman–Crippen LogP) is 11.6. The van der Waals surface area contributed by atoms with E-state index < -0.39 is 0 Å². The van der Waals surface area contributed by atoms with Crippen molar-refractivity contribution >= 4 is 38.9 Å². The highest BCUT2D eigenvalue weighted by molar-refractivity contribution is 6.09. The van der Waals surface area contributed by atoms with Gasteiger partial charge in [-0.05, 0) is 65.7 Å². The van der Waals surface area contributed by atoms with E-state index in [9.17, 15) is 0 Å². The quantitative estimate of drug-likeness (QED) is 0.196. The van der Waals surface area contributed by atoms with E-state index in [-0.39, 0.29) is 0 Å². The molecule has 8 aromatic rings. The zero-order valence-electron chi connectivity index (χ0n) is 24.2. The van der Waals surface area contributed by atoms with E-state index in [4.69, 9.17) is 0 Å². The van der Waals surface area contributed by atoms with Gasteiger partial charge in [-0.25, -0.2) is 0 Å². The Labute approximate surface area is 257 Å². The van der Waals surface area contributed by atoms with Gasteiger partial charge in [0.25, 0.3) is 0 Å². The van der Waals surface area contributed by atoms with Gasteiger partial charge in [-0.2, -0.15) is 0 Å². The van der Waals surface area contributed by atoms with Gasteiger partial charge in [-0.15, -0.1) is 0 Å². The van der Waals surface area contributed by atoms with E-state index in [2.05, 4.69) is 191 Å². The van der Waals surface area contributed by atoms with E-state index in [0.717, 1.165) is 17.1 Å². The van der Waals surface area contributed by atoms with Gasteiger partial charge in [0.05, 0.1) is 22.4 Å². The standard InChI is InChI=1S/C42H30N2/c1-4-16-31(17-5-1)38-30-32(28-29-42(38)43(33-18-6-2-7-19-33)34-20-8-3-9-21-34)35-22-10-13-25-39(35)44-40-26-14-11-23-36(40)37-24-12-15-27-41(37)44/h1-30H. The smallest absolute Gasteiger partial charge is 0.0541 e. The molecule has 0 spiro atoms. The molecular formula is C42H30N2. The largest absolute Gasteiger partial charge is 0.310 e. The highest BCUT2D eigenvalue weighted by Crippen LogP contribution is 2.43. The van der Waals surface area contributed by atoms with Crippen LogP contribution in [0.5, 0.6) is 0 Å². The Morgan fingerprint density at radius 1 is 0.364 bits per heavy atom. The molecular weight excluding hydrogens is 532 g/mol. The molecule has 2 nitrogen and oxygen atoms in total. The van der Waals surface area contributed by atoms with Crippen LogP contribution in [0.4, 0.5) is 17.1 Å². The molecule has 0 amide bonds. The summed E-state index contributed by atoms with van der Waals surface area (Å²) in [7, 11) is 0. The molecule has 8 rings (SSSR count). The van der Waals surface area contributed by atoms with Crippen molar-refractivity contribution in [2.24, 2.45) is 0 Å². The summed E-state index contributed by atoms with van der Waals surface area (Å²) in [6.45, 7) is 0. The van der Waals surface area contributed by atoms with Crippen LogP contribution in [0.3, 0.4) is 0 Å². The first kappa shape index (κ1) is 25.8. The summed E-state index contributed by atoms with van der Waals surface area (Å²) in [6.07, 6.45) is 0. The van der Waals surface area contributed by atoms with Gasteiger partial charge in [0.1, 0.15) is 0 Å². The van der Waals surface area contributed by atoms with Crippen molar-refractivity contribution in [2.75, 3.05) is 4.90 Å². The van der Waals surface area contributed by atoms with E-state index in [0.29, 0.717) is 0 Å². The SMILES string of the molecule is c1ccc(-c2cc(-c3ccccc3-n3c4ccccc4c4ccccc43)ccc2N(c2ccccc2)c2ccccc2)cc1. The molecule has 0 radical (unpaired) electrons. The van der Waals surface area contributed by atoms with E-state index >= 15 is 0 Å². The van der Waals surface area contributed by atoms with Crippen LogP contribution in [-0.4, -0.2) is 4.57 Å². The molecule has 0 N–H and O–H groups in total. The normalized spacial score (nSPS) is 11.2. The van der Waals surface area contributed by atoms with Crippen molar-refractivity contribution in [2.45, 2.75) is 0 Å². The minimum absolute atomic E-state index is 1.12. The topological polar surface area (TPSA) is 8.17 Å². The number of benzene rings is 7. The Kier molecular flexibility index (Phi) is 6.51. The minimum Gasteiger partial charge on any atom is -0.310 e. The highest BCUT2D eigenvalue weighted by Gasteiger charge is 2.20. The second-order valence-corrected chi connectivity index (χ2v) is 11.0. The van der Waals surface area contributed by atoms with Crippen molar-refractivity contribution in [1.29, 1.82) is 0 Å². The molecule has 44 heavy (non-hydrogen) atoms. The fourth-order valence-electron chi connectivity index (χ4n) is 6.42. The van der Waals surface area contributed by atoms with Gasteiger partial charge < -0.3 is 9.47 Å². The zero-order chi connectivity index (χ0) is 29.3. The van der Waals surface area contributed by atoms with Crippen molar-refractivity contribution in [3.8, 4) is 27.9 Å². The summed E-state index contributed by atoms with van der Waals surface area (Å²) in [4.78, 5) is 2.35. The third-order valence-corrected chi connectivity index (χ3v) is 8.39. The molecule has 2 heteroatoms. The molecule has 7 aromatic carbocycles. The number of anilines is 3. The second-order valence-electron chi connectivity index (χ2n) is 11.0. The predicted molar refractivity (Wildman–Crippen MR) is 186 cm³/mol. The number of para-hydroxylation sites is 5. The van der Waals surface area contributed by atoms with Crippen LogP contribution in [-0.2, 0) is 0 Å². The van der Waals surface area contributed by atoms with Gasteiger partial charge in [-0.3, -0.25) is 0 Å². The average molecular weight is 563 g/mol. The van der Waals surface area contributed by atoms with Crippen molar-refractivity contribution in [1.82, 2.24) is 4.57 Å². The number of aromatic nitrogens is 1. The van der Waals surface area contributed by atoms with E-state index in [1.165, 1.54) is 49.7 Å². The van der Waals surface area contributed by atoms with Gasteiger partial charge in [0.15, 0.2) is 0 Å². The molecule has 0 bridgehead atoms. The van der Waals surface area contributed by atoms with Gasteiger partial charge in [0, 0.05) is 33.3 Å². The fourth-order valence-corrected chi connectivity index (χ4v) is 6.42. The molecule has 0 aliphatic carbocycles. The molecule has 0 aliphatic rings. The maximum Gasteiger partial charge on any atom is 0.0541 e. The number of hydrogen-bond donors (Lipinski definition) is 0. The molecule has 0 unspecified atom stereocenters. The van der Waals surface area contributed by atoms with Crippen LogP contribution in [0.2, 0.25) is 0 Å². The van der Waals surface area contributed by atoms with Gasteiger partial charge >= 0.3 is 0 Å². The summed E-state index contributed by atoms with van der Waals surface area (Å²) >= 11 is 0. The van der Waals surface area contributed by atoms with Crippen molar-refractivity contribution < 1.29 is 0 Å². The monoisotopic (exact) mass is 562 g/mol. The lowest BCUT2D eigenvalue weighted by atomic mass is 9.95. The lowest BCUT2D eigenvalue weighted by molar-refractivity contribution is 1.18. The number of nitrogens with zero attached hydrogens (tertiary/aromatic N) is 2. The fraction of sp³-hybridized carbons (Fsp3) is 0. The second kappa shape index (κ2) is 11.1. The third kappa shape index (κ3) is 4.45. The molecule has 1 aromatic heterocycles. The van der Waals surface area contributed by atoms with Gasteiger partial charge in [-0.1, -0.05) is 127 Å². The summed E-state index contributed by atoms with van der Waals surface area (Å²) in [5, 5.41) is 2.53. The zero-order valence-corrected chi connectivity index (χ0v) is 24.2. The van der Waals surface area contributed by atoms with Crippen molar-refractivity contribution in [3.05, 3.63) is 182 Å². The Balaban J connectivity index is 1.37. The highest BCUT2D eigenvalue weighted by atomic mass is 15.1. The molecule has 0 atom stereocenters. The summed E-state index contributed by atoms with van der Waals surface area (Å²) in [5.41, 5.74) is 11.7. The summed E-state index contributed by atoms with van der Waals surface area (Å²) in [5.74, 6) is 0. The minimum atomic E-state index is 1.12. The van der Waals surface area contributed by atoms with Crippen LogP contribution >= 0.6 is 0 Å². The molecule has 0 aliphatic heterocycles. The Morgan fingerprint density at radius 3 is 1.48 bits per heavy atom. The first-order valence-corrected chi connectivity index (χ1v) is 15.0. The van der Waals surface area contributed by atoms with Gasteiger partial charge in [0.2, 0.25) is 0 Å². The third-order valence-electron chi connectivity index (χ3n) is 8.39. The van der Waals surface area contributed by atoms with Crippen LogP contribution in [0.15, 0.2) is 182 Å². The van der Waals surface area contributed by atoms with Crippen LogP contribution < -0.4 is 4.90 Å². The lowest BCUT2D eigenvalue weighted by Crippen LogP contribution is -2.11. The molecule has 0 fully saturated rings. The number of rotatable bonds is 6. The summed E-state index contributed by atoms with van der Waals surface area (Å²) < 4.78 is 2.41. The van der Waals surface area contributed by atoms with Crippen LogP contribution in [0, 0.1) is 0 Å². The van der Waals surface area contributed by atoms with E-state index in [1.807, 2.05) is 0 Å². The maximum atomic E-state index is 2.41. The van der Waals surface area contributed by atoms with Crippen LogP contribution in [0.1, 0.15) is 0 Å². The first-order chi connectivity index (χ1) is 21.9. The van der Waals surface area contributed by atoms with Crippen LogP contribution in [0.25, 0.3) is 49.7 Å². The molecule has 0 saturated heterocycles. The number of hydrogen-bond acceptors (Lipinski definition) is 1. The number of fused-ring (bicyclic) bond motifs is 3. The Bertz CT molecular complexity index is 2120. The Hall–Kier alpha value is -5.86. The lowest BCUT2D eigenvalue weighted by Gasteiger charge is -2.28. The molecule has 0 saturated carbocycles. The molecule has 208 valence electrons. The summed E-state index contributed by atoms with van der Waals surface area (Å²) in [6, 6.07) is 65.0.